The van der Waals surface area contributed by atoms with E-state index >= 15 is 0 Å². The Labute approximate surface area is 142 Å². The fourth-order valence-electron chi connectivity index (χ4n) is 2.81. The van der Waals surface area contributed by atoms with Crippen molar-refractivity contribution in [2.45, 2.75) is 44.9 Å². The van der Waals surface area contributed by atoms with Crippen LogP contribution in [0.3, 0.4) is 0 Å². The lowest BCUT2D eigenvalue weighted by atomic mass is 9.96. The second-order valence-electron chi connectivity index (χ2n) is 6.04. The van der Waals surface area contributed by atoms with Gasteiger partial charge in [0.05, 0.1) is 0 Å². The van der Waals surface area contributed by atoms with Crippen molar-refractivity contribution in [3.05, 3.63) is 0 Å². The Balaban J connectivity index is 0. The first-order valence-electron chi connectivity index (χ1n) is 7.76. The molecule has 1 saturated heterocycles. The number of carbonyl (C=O) groups is 1. The van der Waals surface area contributed by atoms with Gasteiger partial charge in [0.25, 0.3) is 0 Å². The third kappa shape index (κ3) is 10.3. The number of hydrogen-bond donors (Lipinski definition) is 1. The minimum absolute atomic E-state index is 0. The topological polar surface area (TPSA) is 49.6 Å². The number of unbranched alkanes of at least 4 members (excludes halogenated alkanes) is 3. The molecule has 0 radical (unpaired) electrons. The van der Waals surface area contributed by atoms with Gasteiger partial charge in [-0.1, -0.05) is 12.8 Å². The summed E-state index contributed by atoms with van der Waals surface area (Å²) in [6.07, 6.45) is 7.46. The van der Waals surface area contributed by atoms with Crippen molar-refractivity contribution >= 4 is 30.7 Å². The molecule has 0 atom stereocenters. The molecule has 0 saturated carbocycles. The average molecular weight is 342 g/mol. The van der Waals surface area contributed by atoms with Crippen molar-refractivity contribution in [1.82, 2.24) is 9.80 Å². The summed E-state index contributed by atoms with van der Waals surface area (Å²) >= 11 is 0. The summed E-state index contributed by atoms with van der Waals surface area (Å²) in [5.74, 6) is 1.12. The number of amides is 1. The van der Waals surface area contributed by atoms with Gasteiger partial charge in [0, 0.05) is 26.1 Å². The number of hydrogen-bond acceptors (Lipinski definition) is 3. The smallest absolute Gasteiger partial charge is 0.222 e. The Morgan fingerprint density at radius 2 is 1.67 bits per heavy atom. The van der Waals surface area contributed by atoms with Gasteiger partial charge in [-0.3, -0.25) is 4.79 Å². The predicted octanol–water partition coefficient (Wildman–Crippen LogP) is 2.54. The van der Waals surface area contributed by atoms with E-state index in [-0.39, 0.29) is 24.8 Å². The third-order valence-electron chi connectivity index (χ3n) is 3.94. The number of carbonyl (C=O) groups excluding carboxylic acids is 1. The van der Waals surface area contributed by atoms with Gasteiger partial charge in [-0.15, -0.1) is 24.8 Å². The molecule has 0 aliphatic carbocycles. The van der Waals surface area contributed by atoms with E-state index in [1.807, 2.05) is 0 Å². The molecule has 6 heteroatoms. The third-order valence-corrected chi connectivity index (χ3v) is 3.94. The summed E-state index contributed by atoms with van der Waals surface area (Å²) in [5, 5.41) is 0. The van der Waals surface area contributed by atoms with Gasteiger partial charge in [0.2, 0.25) is 5.91 Å². The first-order chi connectivity index (χ1) is 9.13. The zero-order valence-electron chi connectivity index (χ0n) is 13.6. The molecule has 1 amide bonds. The van der Waals surface area contributed by atoms with Crippen molar-refractivity contribution in [1.29, 1.82) is 0 Å². The quantitative estimate of drug-likeness (QED) is 0.690. The van der Waals surface area contributed by atoms with Crippen molar-refractivity contribution in [3.8, 4) is 0 Å². The maximum atomic E-state index is 12.1. The van der Waals surface area contributed by atoms with Gasteiger partial charge in [-0.05, 0) is 52.2 Å². The molecule has 1 heterocycles. The minimum Gasteiger partial charge on any atom is -0.343 e. The van der Waals surface area contributed by atoms with E-state index in [1.165, 1.54) is 0 Å². The molecule has 1 fully saturated rings. The van der Waals surface area contributed by atoms with Crippen molar-refractivity contribution < 1.29 is 4.79 Å². The molecule has 1 aliphatic rings. The normalized spacial score (nSPS) is 15.5. The number of likely N-dealkylation sites (tertiary alicyclic amines) is 1. The maximum absolute atomic E-state index is 12.1. The highest BCUT2D eigenvalue weighted by Crippen LogP contribution is 2.18. The fraction of sp³-hybridized carbons (Fsp3) is 0.933. The second kappa shape index (κ2) is 13.6. The van der Waals surface area contributed by atoms with Gasteiger partial charge in [-0.25, -0.2) is 0 Å². The molecule has 0 aromatic heterocycles. The van der Waals surface area contributed by atoms with Crippen LogP contribution in [-0.2, 0) is 4.79 Å². The summed E-state index contributed by atoms with van der Waals surface area (Å²) in [6, 6.07) is 0. The van der Waals surface area contributed by atoms with Gasteiger partial charge >= 0.3 is 0 Å². The lowest BCUT2D eigenvalue weighted by molar-refractivity contribution is -0.132. The van der Waals surface area contributed by atoms with Crippen molar-refractivity contribution in [2.24, 2.45) is 11.7 Å². The molecule has 0 spiro atoms. The zero-order chi connectivity index (χ0) is 14.1. The highest BCUT2D eigenvalue weighted by Gasteiger charge is 2.22. The van der Waals surface area contributed by atoms with Crippen LogP contribution >= 0.6 is 24.8 Å². The molecular formula is C15H33Cl2N3O. The van der Waals surface area contributed by atoms with Gasteiger partial charge < -0.3 is 15.5 Å². The van der Waals surface area contributed by atoms with E-state index in [4.69, 9.17) is 5.73 Å². The Morgan fingerprint density at radius 3 is 2.19 bits per heavy atom. The Bertz CT molecular complexity index is 257. The lowest BCUT2D eigenvalue weighted by Gasteiger charge is -2.33. The van der Waals surface area contributed by atoms with Gasteiger partial charge in [0.1, 0.15) is 0 Å². The van der Waals surface area contributed by atoms with Crippen LogP contribution in [0.5, 0.6) is 0 Å². The molecule has 1 rings (SSSR count). The summed E-state index contributed by atoms with van der Waals surface area (Å²) in [5.41, 5.74) is 5.46. The van der Waals surface area contributed by atoms with E-state index in [1.54, 1.807) is 0 Å². The van der Waals surface area contributed by atoms with E-state index in [0.29, 0.717) is 5.91 Å². The van der Waals surface area contributed by atoms with Gasteiger partial charge in [0.15, 0.2) is 0 Å². The zero-order valence-corrected chi connectivity index (χ0v) is 15.2. The van der Waals surface area contributed by atoms with E-state index < -0.39 is 0 Å². The highest BCUT2D eigenvalue weighted by molar-refractivity contribution is 5.85. The largest absolute Gasteiger partial charge is 0.343 e. The van der Waals surface area contributed by atoms with Crippen molar-refractivity contribution in [2.75, 3.05) is 40.3 Å². The molecule has 21 heavy (non-hydrogen) atoms. The fourth-order valence-corrected chi connectivity index (χ4v) is 2.81. The SMILES string of the molecule is CN(C)CC1CCN(C(=O)CCCCCCN)CC1.Cl.Cl. The molecule has 0 aromatic carbocycles. The summed E-state index contributed by atoms with van der Waals surface area (Å²) in [4.78, 5) is 16.4. The van der Waals surface area contributed by atoms with E-state index in [0.717, 1.165) is 77.0 Å². The first kappa shape index (κ1) is 23.2. The molecule has 1 aliphatic heterocycles. The average Bonchev–Trinajstić information content (AvgIpc) is 2.38. The summed E-state index contributed by atoms with van der Waals surface area (Å²) in [6.45, 7) is 3.84. The monoisotopic (exact) mass is 341 g/mol. The molecule has 0 bridgehead atoms. The molecule has 128 valence electrons. The van der Waals surface area contributed by atoms with Crippen LogP contribution in [0, 0.1) is 5.92 Å². The van der Waals surface area contributed by atoms with Crippen LogP contribution in [0.4, 0.5) is 0 Å². The predicted molar refractivity (Wildman–Crippen MR) is 94.5 cm³/mol. The first-order valence-corrected chi connectivity index (χ1v) is 7.76. The number of rotatable bonds is 8. The number of nitrogens with zero attached hydrogens (tertiary/aromatic N) is 2. The van der Waals surface area contributed by atoms with Crippen LogP contribution in [0.2, 0.25) is 0 Å². The van der Waals surface area contributed by atoms with Crippen molar-refractivity contribution in [3.63, 3.8) is 0 Å². The standard InChI is InChI=1S/C15H31N3O.2ClH/c1-17(2)13-14-8-11-18(12-9-14)15(19)7-5-3-4-6-10-16;;/h14H,3-13,16H2,1-2H3;2*1H. The summed E-state index contributed by atoms with van der Waals surface area (Å²) < 4.78 is 0. The molecule has 4 nitrogen and oxygen atoms in total. The molecular weight excluding hydrogens is 309 g/mol. The number of piperidine rings is 1. The van der Waals surface area contributed by atoms with Crippen LogP contribution in [-0.4, -0.2) is 56.0 Å². The molecule has 2 N–H and O–H groups in total. The lowest BCUT2D eigenvalue weighted by Crippen LogP contribution is -2.40. The van der Waals surface area contributed by atoms with E-state index in [9.17, 15) is 4.79 Å². The highest BCUT2D eigenvalue weighted by atomic mass is 35.5. The van der Waals surface area contributed by atoms with Crippen LogP contribution in [0.15, 0.2) is 0 Å². The van der Waals surface area contributed by atoms with Crippen LogP contribution in [0.1, 0.15) is 44.9 Å². The van der Waals surface area contributed by atoms with Crippen LogP contribution in [0.25, 0.3) is 0 Å². The van der Waals surface area contributed by atoms with Gasteiger partial charge in [-0.2, -0.15) is 0 Å². The van der Waals surface area contributed by atoms with Crippen LogP contribution < -0.4 is 5.73 Å². The second-order valence-corrected chi connectivity index (χ2v) is 6.04. The molecule has 0 unspecified atom stereocenters. The van der Waals surface area contributed by atoms with E-state index in [2.05, 4.69) is 23.9 Å². The Morgan fingerprint density at radius 1 is 1.10 bits per heavy atom. The Kier molecular flexibility index (Phi) is 15.1. The number of halogens is 2. The molecule has 0 aromatic rings. The maximum Gasteiger partial charge on any atom is 0.222 e. The minimum atomic E-state index is 0. The Hall–Kier alpha value is -0.0300. The summed E-state index contributed by atoms with van der Waals surface area (Å²) in [7, 11) is 4.25. The number of nitrogens with two attached hydrogens (primary N) is 1.